The van der Waals surface area contributed by atoms with E-state index in [2.05, 4.69) is 16.9 Å². The fourth-order valence-electron chi connectivity index (χ4n) is 4.32. The molecule has 1 aromatic rings. The molecule has 2 fully saturated rings. The van der Waals surface area contributed by atoms with Crippen LogP contribution in [0.4, 0.5) is 0 Å². The lowest BCUT2D eigenvalue weighted by Gasteiger charge is -2.38. The average molecular weight is 556 g/mol. The Hall–Kier alpha value is -2.30. The van der Waals surface area contributed by atoms with Crippen LogP contribution in [0.5, 0.6) is 0 Å². The van der Waals surface area contributed by atoms with E-state index in [1.54, 1.807) is 37.1 Å². The van der Waals surface area contributed by atoms with Gasteiger partial charge in [0.15, 0.2) is 0 Å². The smallest absolute Gasteiger partial charge is 0.287 e. The van der Waals surface area contributed by atoms with Crippen molar-refractivity contribution in [3.8, 4) is 0 Å². The van der Waals surface area contributed by atoms with E-state index in [-0.39, 0.29) is 42.4 Å². The summed E-state index contributed by atoms with van der Waals surface area (Å²) in [5.41, 5.74) is 7.23. The summed E-state index contributed by atoms with van der Waals surface area (Å²) in [7, 11) is 3.10. The third-order valence-electron chi connectivity index (χ3n) is 6.64. The van der Waals surface area contributed by atoms with Gasteiger partial charge in [0.2, 0.25) is 0 Å². The molecule has 0 radical (unpaired) electrons. The number of amidine groups is 1. The lowest BCUT2D eigenvalue weighted by molar-refractivity contribution is -0.128. The van der Waals surface area contributed by atoms with Gasteiger partial charge in [0.1, 0.15) is 18.1 Å². The second-order valence-electron chi connectivity index (χ2n) is 9.07. The topological polar surface area (TPSA) is 108 Å². The van der Waals surface area contributed by atoms with Crippen LogP contribution in [0.15, 0.2) is 46.8 Å². The summed E-state index contributed by atoms with van der Waals surface area (Å²) in [6.45, 7) is 8.38. The predicted octanol–water partition coefficient (Wildman–Crippen LogP) is 3.64. The number of hydrogen-bond donors (Lipinski definition) is 2. The standard InChI is InChI=1S/C26H36Cl2N4O5/c1-16(17(2)37-14-18-5-6-20(27)21(28)13-18)24(31-26(29)35-4)25(33)32-10-7-19(8-11-32)30-22-9-12-36-15-23(22)34-3/h5-6,13,19,22-23,30H,2,7-12,14-15H2,1,3-4H3,(H2,29,31)/b24-16-/t22-,23?/m0/s1. The molecule has 9 nitrogen and oxygen atoms in total. The lowest BCUT2D eigenvalue weighted by atomic mass is 9.99. The molecule has 3 N–H and O–H groups in total. The van der Waals surface area contributed by atoms with Gasteiger partial charge in [0.25, 0.3) is 11.9 Å². The number of hydrogen-bond acceptors (Lipinski definition) is 7. The number of carbonyl (C=O) groups excluding carboxylic acids is 1. The van der Waals surface area contributed by atoms with E-state index in [4.69, 9.17) is 47.9 Å². The number of likely N-dealkylation sites (tertiary alicyclic amines) is 1. The molecule has 1 unspecified atom stereocenters. The fourth-order valence-corrected chi connectivity index (χ4v) is 4.65. The molecule has 0 bridgehead atoms. The van der Waals surface area contributed by atoms with Gasteiger partial charge in [-0.05, 0) is 43.9 Å². The van der Waals surface area contributed by atoms with E-state index in [0.29, 0.717) is 41.1 Å². The number of carbonyl (C=O) groups is 1. The Labute approximate surface area is 228 Å². The monoisotopic (exact) mass is 554 g/mol. The van der Waals surface area contributed by atoms with Crippen molar-refractivity contribution < 1.29 is 23.7 Å². The molecule has 204 valence electrons. The van der Waals surface area contributed by atoms with Crippen LogP contribution in [0, 0.1) is 0 Å². The quantitative estimate of drug-likeness (QED) is 0.158. The third kappa shape index (κ3) is 8.09. The molecule has 2 heterocycles. The number of methoxy groups -OCH3 is 2. The minimum atomic E-state index is -0.254. The van der Waals surface area contributed by atoms with Crippen molar-refractivity contribution in [3.05, 3.63) is 57.4 Å². The van der Waals surface area contributed by atoms with Crippen LogP contribution in [0.1, 0.15) is 31.7 Å². The first-order chi connectivity index (χ1) is 17.7. The summed E-state index contributed by atoms with van der Waals surface area (Å²) in [4.78, 5) is 19.5. The van der Waals surface area contributed by atoms with Crippen LogP contribution >= 0.6 is 23.2 Å². The molecule has 0 spiro atoms. The molecule has 1 amide bonds. The van der Waals surface area contributed by atoms with Gasteiger partial charge in [-0.1, -0.05) is 35.8 Å². The summed E-state index contributed by atoms with van der Waals surface area (Å²) >= 11 is 12.1. The maximum absolute atomic E-state index is 13.5. The lowest BCUT2D eigenvalue weighted by Crippen LogP contribution is -2.54. The second-order valence-corrected chi connectivity index (χ2v) is 9.88. The van der Waals surface area contributed by atoms with Crippen molar-refractivity contribution in [2.45, 2.75) is 51.0 Å². The number of nitrogens with one attached hydrogen (secondary N) is 1. The Morgan fingerprint density at radius 1 is 1.24 bits per heavy atom. The number of amides is 1. The van der Waals surface area contributed by atoms with Crippen molar-refractivity contribution in [1.82, 2.24) is 10.2 Å². The summed E-state index contributed by atoms with van der Waals surface area (Å²) in [6.07, 6.45) is 2.56. The van der Waals surface area contributed by atoms with Gasteiger partial charge in [-0.3, -0.25) is 4.79 Å². The molecule has 2 aliphatic heterocycles. The van der Waals surface area contributed by atoms with Crippen molar-refractivity contribution >= 4 is 35.1 Å². The SMILES string of the molecule is C=C(OCc1ccc(Cl)c(Cl)c1)/C(C)=C(\N=C(/N)OC)C(=O)N1CCC(N[C@H]2CCOCC2OC)CC1. The highest BCUT2D eigenvalue weighted by Gasteiger charge is 2.31. The highest BCUT2D eigenvalue weighted by Crippen LogP contribution is 2.25. The number of allylic oxidation sites excluding steroid dienone is 1. The Balaban J connectivity index is 1.65. The largest absolute Gasteiger partial charge is 0.489 e. The Morgan fingerprint density at radius 3 is 2.62 bits per heavy atom. The summed E-state index contributed by atoms with van der Waals surface area (Å²) in [5, 5.41) is 4.59. The van der Waals surface area contributed by atoms with E-state index in [0.717, 1.165) is 31.4 Å². The van der Waals surface area contributed by atoms with Gasteiger partial charge in [-0.2, -0.15) is 4.99 Å². The number of ether oxygens (including phenoxy) is 4. The van der Waals surface area contributed by atoms with Crippen LogP contribution in [0.2, 0.25) is 10.0 Å². The number of nitrogens with zero attached hydrogens (tertiary/aromatic N) is 2. The molecule has 2 aliphatic rings. The summed E-state index contributed by atoms with van der Waals surface area (Å²) in [5.74, 6) is 0.0415. The molecule has 0 aliphatic carbocycles. The molecule has 0 saturated carbocycles. The first-order valence-corrected chi connectivity index (χ1v) is 13.0. The maximum Gasteiger partial charge on any atom is 0.287 e. The van der Waals surface area contributed by atoms with Gasteiger partial charge < -0.3 is 34.9 Å². The maximum atomic E-state index is 13.5. The van der Waals surface area contributed by atoms with E-state index in [1.807, 2.05) is 0 Å². The Bertz CT molecular complexity index is 1020. The molecule has 0 aromatic heterocycles. The Kier molecular flexibility index (Phi) is 11.1. The van der Waals surface area contributed by atoms with Crippen LogP contribution in [-0.4, -0.2) is 75.5 Å². The third-order valence-corrected chi connectivity index (χ3v) is 7.38. The van der Waals surface area contributed by atoms with E-state index in [9.17, 15) is 4.79 Å². The van der Waals surface area contributed by atoms with E-state index < -0.39 is 0 Å². The summed E-state index contributed by atoms with van der Waals surface area (Å²) in [6, 6.07) is 5.63. The normalized spacial score (nSPS) is 21.9. The number of piperidine rings is 1. The minimum Gasteiger partial charge on any atom is -0.489 e. The number of halogens is 2. The van der Waals surface area contributed by atoms with E-state index in [1.165, 1.54) is 7.11 Å². The van der Waals surface area contributed by atoms with Crippen molar-refractivity contribution in [1.29, 1.82) is 0 Å². The number of rotatable bonds is 9. The van der Waals surface area contributed by atoms with Gasteiger partial charge in [0.05, 0.1) is 29.9 Å². The number of benzene rings is 1. The first-order valence-electron chi connectivity index (χ1n) is 12.2. The van der Waals surface area contributed by atoms with Gasteiger partial charge >= 0.3 is 0 Å². The van der Waals surface area contributed by atoms with Gasteiger partial charge in [-0.15, -0.1) is 0 Å². The van der Waals surface area contributed by atoms with Crippen molar-refractivity contribution in [2.75, 3.05) is 40.5 Å². The molecule has 2 atom stereocenters. The van der Waals surface area contributed by atoms with E-state index >= 15 is 0 Å². The summed E-state index contributed by atoms with van der Waals surface area (Å²) < 4.78 is 21.9. The van der Waals surface area contributed by atoms with Crippen LogP contribution in [-0.2, 0) is 30.3 Å². The molecular formula is C26H36Cl2N4O5. The minimum absolute atomic E-state index is 0.0341. The van der Waals surface area contributed by atoms with Gasteiger partial charge in [0, 0.05) is 44.5 Å². The average Bonchev–Trinajstić information content (AvgIpc) is 2.92. The predicted molar refractivity (Wildman–Crippen MR) is 144 cm³/mol. The van der Waals surface area contributed by atoms with Crippen LogP contribution in [0.25, 0.3) is 0 Å². The molecule has 11 heteroatoms. The van der Waals surface area contributed by atoms with Gasteiger partial charge in [-0.25, -0.2) is 0 Å². The molecular weight excluding hydrogens is 519 g/mol. The van der Waals surface area contributed by atoms with Crippen molar-refractivity contribution in [2.24, 2.45) is 10.7 Å². The zero-order valence-corrected chi connectivity index (χ0v) is 23.1. The zero-order valence-electron chi connectivity index (χ0n) is 21.6. The fraction of sp³-hybridized carbons (Fsp3) is 0.538. The molecule has 3 rings (SSSR count). The van der Waals surface area contributed by atoms with Crippen LogP contribution in [0.3, 0.4) is 0 Å². The molecule has 37 heavy (non-hydrogen) atoms. The highest BCUT2D eigenvalue weighted by molar-refractivity contribution is 6.42. The molecule has 1 aromatic carbocycles. The van der Waals surface area contributed by atoms with Crippen LogP contribution < -0.4 is 11.1 Å². The second kappa shape index (κ2) is 14.0. The number of aliphatic imine (C=N–C) groups is 1. The highest BCUT2D eigenvalue weighted by atomic mass is 35.5. The molecule has 2 saturated heterocycles. The number of nitrogens with two attached hydrogens (primary N) is 1. The zero-order chi connectivity index (χ0) is 26.9. The Morgan fingerprint density at radius 2 is 1.97 bits per heavy atom. The van der Waals surface area contributed by atoms with Crippen molar-refractivity contribution in [3.63, 3.8) is 0 Å². The first kappa shape index (κ1) is 29.3.